The van der Waals surface area contributed by atoms with Gasteiger partial charge in [-0.1, -0.05) is 0 Å². The lowest BCUT2D eigenvalue weighted by Crippen LogP contribution is -2.16. The predicted molar refractivity (Wildman–Crippen MR) is 48.9 cm³/mol. The molecule has 1 atom stereocenters. The normalized spacial score (nSPS) is 12.5. The first-order valence-electron chi connectivity index (χ1n) is 3.61. The third-order valence-electron chi connectivity index (χ3n) is 1.58. The van der Waals surface area contributed by atoms with Crippen molar-refractivity contribution in [2.24, 2.45) is 5.73 Å². The lowest BCUT2D eigenvalue weighted by atomic mass is 10.2. The largest absolute Gasteiger partial charge is 0.477 e. The fraction of sp³-hybridized carbons (Fsp3) is 0.250. The van der Waals surface area contributed by atoms with Crippen LogP contribution in [0, 0.1) is 0 Å². The maximum atomic E-state index is 10.9. The van der Waals surface area contributed by atoms with Crippen LogP contribution < -0.4 is 5.73 Å². The summed E-state index contributed by atoms with van der Waals surface area (Å²) in [5.41, 5.74) is 5.52. The van der Waals surface area contributed by atoms with Crippen LogP contribution >= 0.6 is 11.3 Å². The number of carboxylic acid groups (broad SMARTS) is 1. The number of carboxylic acids is 1. The summed E-state index contributed by atoms with van der Waals surface area (Å²) in [6, 6.07) is 2.32. The molecule has 70 valence electrons. The molecule has 1 unspecified atom stereocenters. The minimum absolute atomic E-state index is 0.168. The molecule has 5 heteroatoms. The van der Waals surface area contributed by atoms with E-state index in [0.29, 0.717) is 4.88 Å². The predicted octanol–water partition coefficient (Wildman–Crippen LogP) is 1.04. The van der Waals surface area contributed by atoms with E-state index in [0.717, 1.165) is 11.3 Å². The van der Waals surface area contributed by atoms with E-state index in [2.05, 4.69) is 0 Å². The van der Waals surface area contributed by atoms with Crippen molar-refractivity contribution in [3.8, 4) is 0 Å². The zero-order chi connectivity index (χ0) is 10.0. The SMILES string of the molecule is CC(=O)C(N)c1ccc(C(=O)O)s1. The summed E-state index contributed by atoms with van der Waals surface area (Å²) < 4.78 is 0. The topological polar surface area (TPSA) is 80.4 Å². The molecule has 0 aromatic carbocycles. The molecule has 1 rings (SSSR count). The first kappa shape index (κ1) is 9.88. The Morgan fingerprint density at radius 2 is 2.15 bits per heavy atom. The molecule has 1 aromatic heterocycles. The fourth-order valence-electron chi connectivity index (χ4n) is 0.835. The molecule has 4 nitrogen and oxygen atoms in total. The quantitative estimate of drug-likeness (QED) is 0.762. The molecule has 0 radical (unpaired) electrons. The Bertz CT molecular complexity index is 345. The van der Waals surface area contributed by atoms with E-state index in [1.807, 2.05) is 0 Å². The van der Waals surface area contributed by atoms with Crippen LogP contribution in [-0.2, 0) is 4.79 Å². The summed E-state index contributed by atoms with van der Waals surface area (Å²) in [6.45, 7) is 1.38. The highest BCUT2D eigenvalue weighted by molar-refractivity contribution is 7.14. The molecule has 13 heavy (non-hydrogen) atoms. The van der Waals surface area contributed by atoms with Crippen LogP contribution in [-0.4, -0.2) is 16.9 Å². The molecule has 0 aliphatic heterocycles. The number of carbonyl (C=O) groups excluding carboxylic acids is 1. The van der Waals surface area contributed by atoms with Crippen LogP contribution in [0.5, 0.6) is 0 Å². The smallest absolute Gasteiger partial charge is 0.345 e. The van der Waals surface area contributed by atoms with Crippen LogP contribution in [0.15, 0.2) is 12.1 Å². The van der Waals surface area contributed by atoms with Gasteiger partial charge in [-0.15, -0.1) is 11.3 Å². The van der Waals surface area contributed by atoms with Crippen molar-refractivity contribution in [1.29, 1.82) is 0 Å². The number of aromatic carboxylic acids is 1. The van der Waals surface area contributed by atoms with E-state index in [-0.39, 0.29) is 10.7 Å². The van der Waals surface area contributed by atoms with Crippen molar-refractivity contribution in [2.45, 2.75) is 13.0 Å². The number of hydrogen-bond donors (Lipinski definition) is 2. The molecule has 1 heterocycles. The van der Waals surface area contributed by atoms with Gasteiger partial charge < -0.3 is 10.8 Å². The molecular formula is C8H9NO3S. The van der Waals surface area contributed by atoms with E-state index in [9.17, 15) is 9.59 Å². The van der Waals surface area contributed by atoms with Gasteiger partial charge in [0.2, 0.25) is 0 Å². The molecule has 1 aromatic rings. The van der Waals surface area contributed by atoms with Crippen molar-refractivity contribution < 1.29 is 14.7 Å². The summed E-state index contributed by atoms with van der Waals surface area (Å²) in [6.07, 6.45) is 0. The third kappa shape index (κ3) is 2.13. The second kappa shape index (κ2) is 3.68. The molecule has 0 aliphatic rings. The molecule has 0 amide bonds. The van der Waals surface area contributed by atoms with Gasteiger partial charge in [-0.3, -0.25) is 4.79 Å². The minimum Gasteiger partial charge on any atom is -0.477 e. The van der Waals surface area contributed by atoms with Crippen LogP contribution in [0.3, 0.4) is 0 Å². The average Bonchev–Trinajstić information content (AvgIpc) is 2.50. The van der Waals surface area contributed by atoms with Gasteiger partial charge in [0.05, 0.1) is 6.04 Å². The Hall–Kier alpha value is -1.20. The van der Waals surface area contributed by atoms with Gasteiger partial charge in [0.1, 0.15) is 4.88 Å². The first-order chi connectivity index (χ1) is 6.02. The van der Waals surface area contributed by atoms with Gasteiger partial charge in [0, 0.05) is 4.88 Å². The highest BCUT2D eigenvalue weighted by atomic mass is 32.1. The minimum atomic E-state index is -0.994. The number of carbonyl (C=O) groups is 2. The van der Waals surface area contributed by atoms with Crippen LogP contribution in [0.2, 0.25) is 0 Å². The number of nitrogens with two attached hydrogens (primary N) is 1. The second-order valence-electron chi connectivity index (χ2n) is 2.60. The summed E-state index contributed by atoms with van der Waals surface area (Å²) in [5.74, 6) is -1.16. The molecule has 0 aliphatic carbocycles. The van der Waals surface area contributed by atoms with Gasteiger partial charge in [-0.05, 0) is 19.1 Å². The number of thiophene rings is 1. The zero-order valence-electron chi connectivity index (χ0n) is 6.98. The first-order valence-corrected chi connectivity index (χ1v) is 4.43. The highest BCUT2D eigenvalue weighted by Gasteiger charge is 2.15. The number of rotatable bonds is 3. The monoisotopic (exact) mass is 199 g/mol. The van der Waals surface area contributed by atoms with Crippen molar-refractivity contribution in [2.75, 3.05) is 0 Å². The molecule has 0 bridgehead atoms. The lowest BCUT2D eigenvalue weighted by Gasteiger charge is -2.02. The van der Waals surface area contributed by atoms with E-state index in [1.54, 1.807) is 6.07 Å². The maximum Gasteiger partial charge on any atom is 0.345 e. The van der Waals surface area contributed by atoms with Gasteiger partial charge in [0.25, 0.3) is 0 Å². The summed E-state index contributed by atoms with van der Waals surface area (Å²) in [7, 11) is 0. The van der Waals surface area contributed by atoms with E-state index < -0.39 is 12.0 Å². The van der Waals surface area contributed by atoms with Crippen LogP contribution in [0.25, 0.3) is 0 Å². The van der Waals surface area contributed by atoms with Crippen LogP contribution in [0.4, 0.5) is 0 Å². The Balaban J connectivity index is 2.91. The molecule has 3 N–H and O–H groups in total. The highest BCUT2D eigenvalue weighted by Crippen LogP contribution is 2.22. The molecule has 0 fully saturated rings. The Kier molecular flexibility index (Phi) is 2.79. The summed E-state index contributed by atoms with van der Waals surface area (Å²) in [5, 5.41) is 8.60. The molecule has 0 spiro atoms. The van der Waals surface area contributed by atoms with Crippen molar-refractivity contribution in [3.05, 3.63) is 21.9 Å². The van der Waals surface area contributed by atoms with Crippen LogP contribution in [0.1, 0.15) is 27.5 Å². The zero-order valence-corrected chi connectivity index (χ0v) is 7.80. The van der Waals surface area contributed by atoms with E-state index in [4.69, 9.17) is 10.8 Å². The summed E-state index contributed by atoms with van der Waals surface area (Å²) in [4.78, 5) is 22.1. The number of ketones is 1. The Labute approximate surface area is 79.0 Å². The van der Waals surface area contributed by atoms with Crippen molar-refractivity contribution in [3.63, 3.8) is 0 Å². The van der Waals surface area contributed by atoms with Gasteiger partial charge in [-0.25, -0.2) is 4.79 Å². The second-order valence-corrected chi connectivity index (χ2v) is 3.71. The Morgan fingerprint density at radius 3 is 2.54 bits per heavy atom. The Morgan fingerprint density at radius 1 is 1.54 bits per heavy atom. The molecule has 0 saturated carbocycles. The molecular weight excluding hydrogens is 190 g/mol. The lowest BCUT2D eigenvalue weighted by molar-refractivity contribution is -0.118. The van der Waals surface area contributed by atoms with Crippen molar-refractivity contribution in [1.82, 2.24) is 0 Å². The van der Waals surface area contributed by atoms with E-state index >= 15 is 0 Å². The van der Waals surface area contributed by atoms with Crippen molar-refractivity contribution >= 4 is 23.1 Å². The van der Waals surface area contributed by atoms with Gasteiger partial charge in [0.15, 0.2) is 5.78 Å². The standard InChI is InChI=1S/C8H9NO3S/c1-4(10)7(9)5-2-3-6(13-5)8(11)12/h2-3,7H,9H2,1H3,(H,11,12). The maximum absolute atomic E-state index is 10.9. The third-order valence-corrected chi connectivity index (χ3v) is 2.74. The molecule has 0 saturated heterocycles. The van der Waals surface area contributed by atoms with E-state index in [1.165, 1.54) is 13.0 Å². The fourth-order valence-corrected chi connectivity index (χ4v) is 1.74. The van der Waals surface area contributed by atoms with Gasteiger partial charge >= 0.3 is 5.97 Å². The van der Waals surface area contributed by atoms with Gasteiger partial charge in [-0.2, -0.15) is 0 Å². The number of Topliss-reactive ketones (excluding diaryl/α,β-unsaturated/α-hetero) is 1. The summed E-state index contributed by atoms with van der Waals surface area (Å²) >= 11 is 1.03. The number of hydrogen-bond acceptors (Lipinski definition) is 4. The average molecular weight is 199 g/mol.